The van der Waals surface area contributed by atoms with E-state index in [1.54, 1.807) is 0 Å². The Kier molecular flexibility index (Phi) is 9.84. The zero-order valence-electron chi connectivity index (χ0n) is 22.2. The molecule has 1 saturated carbocycles. The van der Waals surface area contributed by atoms with E-state index in [4.69, 9.17) is 9.47 Å². The number of amides is 2. The summed E-state index contributed by atoms with van der Waals surface area (Å²) >= 11 is 0. The predicted molar refractivity (Wildman–Crippen MR) is 140 cm³/mol. The van der Waals surface area contributed by atoms with Crippen LogP contribution in [0.5, 0.6) is 0 Å². The monoisotopic (exact) mass is 516 g/mol. The molecule has 1 saturated heterocycles. The highest BCUT2D eigenvalue weighted by atomic mass is 16.6. The largest absolute Gasteiger partial charge is 0.444 e. The average Bonchev–Trinajstić information content (AvgIpc) is 3.49. The standard InChI is InChI=1S/C29H44N2O6/c1-18(2)23(28(34)31-27-22-11-7-6-10-20(22)15-26(27)33)16-25(32)24(14-19-8-4-3-5-9-19)30-29(35)37-21-12-13-36-17-21/h6-7,10-11,18-19,21,23-27,32-33H,3-5,8-9,12-17H2,1-2H3,(H,30,35)(H,31,34)/t21-,23+,24-,25-,26+,27-/m0/s1. The number of benzene rings is 1. The lowest BCUT2D eigenvalue weighted by molar-refractivity contribution is -0.129. The quantitative estimate of drug-likeness (QED) is 0.377. The average molecular weight is 517 g/mol. The van der Waals surface area contributed by atoms with Crippen molar-refractivity contribution in [1.82, 2.24) is 10.6 Å². The Bertz CT molecular complexity index is 896. The van der Waals surface area contributed by atoms with Gasteiger partial charge in [-0.15, -0.1) is 0 Å². The molecular formula is C29H44N2O6. The third kappa shape index (κ3) is 7.45. The summed E-state index contributed by atoms with van der Waals surface area (Å²) in [6, 6.07) is 6.82. The van der Waals surface area contributed by atoms with Gasteiger partial charge in [-0.3, -0.25) is 4.79 Å². The first-order valence-corrected chi connectivity index (χ1v) is 14.1. The van der Waals surface area contributed by atoms with Gasteiger partial charge in [-0.25, -0.2) is 4.79 Å². The van der Waals surface area contributed by atoms with Crippen LogP contribution in [0.4, 0.5) is 4.79 Å². The summed E-state index contributed by atoms with van der Waals surface area (Å²) < 4.78 is 10.8. The van der Waals surface area contributed by atoms with Gasteiger partial charge in [0.05, 0.1) is 37.5 Å². The maximum absolute atomic E-state index is 13.4. The number of nitrogens with one attached hydrogen (secondary N) is 2. The molecular weight excluding hydrogens is 472 g/mol. The van der Waals surface area contributed by atoms with E-state index in [0.717, 1.165) is 24.0 Å². The summed E-state index contributed by atoms with van der Waals surface area (Å²) in [5.41, 5.74) is 1.99. The molecule has 4 N–H and O–H groups in total. The van der Waals surface area contributed by atoms with Crippen molar-refractivity contribution in [2.24, 2.45) is 17.8 Å². The molecule has 1 heterocycles. The van der Waals surface area contributed by atoms with Crippen LogP contribution in [0.1, 0.15) is 82.4 Å². The highest BCUT2D eigenvalue weighted by Gasteiger charge is 2.36. The van der Waals surface area contributed by atoms with E-state index in [2.05, 4.69) is 10.6 Å². The second kappa shape index (κ2) is 13.1. The topological polar surface area (TPSA) is 117 Å². The molecule has 1 aromatic carbocycles. The minimum Gasteiger partial charge on any atom is -0.444 e. The Hall–Kier alpha value is -2.16. The van der Waals surface area contributed by atoms with Crippen LogP contribution < -0.4 is 10.6 Å². The summed E-state index contributed by atoms with van der Waals surface area (Å²) in [5.74, 6) is -0.247. The van der Waals surface area contributed by atoms with Crippen LogP contribution in [-0.4, -0.2) is 59.8 Å². The van der Waals surface area contributed by atoms with Crippen LogP contribution in [-0.2, 0) is 20.7 Å². The molecule has 0 spiro atoms. The number of hydrogen-bond donors (Lipinski definition) is 4. The molecule has 0 bridgehead atoms. The Balaban J connectivity index is 1.41. The first-order valence-electron chi connectivity index (χ1n) is 14.1. The highest BCUT2D eigenvalue weighted by Crippen LogP contribution is 2.33. The number of hydrogen-bond acceptors (Lipinski definition) is 6. The number of alkyl carbamates (subject to hydrolysis) is 1. The van der Waals surface area contributed by atoms with Crippen LogP contribution in [0.25, 0.3) is 0 Å². The summed E-state index contributed by atoms with van der Waals surface area (Å²) in [4.78, 5) is 26.1. The predicted octanol–water partition coefficient (Wildman–Crippen LogP) is 3.64. The minimum absolute atomic E-state index is 0.0265. The van der Waals surface area contributed by atoms with Gasteiger partial charge in [-0.1, -0.05) is 70.2 Å². The number of rotatable bonds is 10. The fourth-order valence-corrected chi connectivity index (χ4v) is 6.15. The van der Waals surface area contributed by atoms with Gasteiger partial charge in [0.1, 0.15) is 6.10 Å². The summed E-state index contributed by atoms with van der Waals surface area (Å²) in [6.07, 6.45) is 5.44. The molecule has 2 aliphatic carbocycles. The zero-order valence-corrected chi connectivity index (χ0v) is 22.2. The van der Waals surface area contributed by atoms with Crippen molar-refractivity contribution < 1.29 is 29.3 Å². The number of ether oxygens (including phenoxy) is 2. The van der Waals surface area contributed by atoms with Crippen LogP contribution in [0.15, 0.2) is 24.3 Å². The number of carbonyl (C=O) groups is 2. The third-order valence-corrected chi connectivity index (χ3v) is 8.38. The van der Waals surface area contributed by atoms with Crippen molar-refractivity contribution in [3.63, 3.8) is 0 Å². The summed E-state index contributed by atoms with van der Waals surface area (Å²) in [6.45, 7) is 4.91. The van der Waals surface area contributed by atoms with Gasteiger partial charge < -0.3 is 30.3 Å². The van der Waals surface area contributed by atoms with Crippen molar-refractivity contribution in [1.29, 1.82) is 0 Å². The van der Waals surface area contributed by atoms with Crippen molar-refractivity contribution in [3.8, 4) is 0 Å². The zero-order chi connectivity index (χ0) is 26.4. The number of aliphatic hydroxyl groups excluding tert-OH is 2. The molecule has 8 nitrogen and oxygen atoms in total. The number of fused-ring (bicyclic) bond motifs is 1. The van der Waals surface area contributed by atoms with E-state index in [-0.39, 0.29) is 24.3 Å². The molecule has 8 heteroatoms. The Labute approximate surface area is 220 Å². The summed E-state index contributed by atoms with van der Waals surface area (Å²) in [7, 11) is 0. The Morgan fingerprint density at radius 1 is 1.14 bits per heavy atom. The Morgan fingerprint density at radius 3 is 2.59 bits per heavy atom. The van der Waals surface area contributed by atoms with Crippen molar-refractivity contribution in [3.05, 3.63) is 35.4 Å². The van der Waals surface area contributed by atoms with E-state index in [9.17, 15) is 19.8 Å². The molecule has 206 valence electrons. The minimum atomic E-state index is -0.895. The first kappa shape index (κ1) is 27.9. The molecule has 0 unspecified atom stereocenters. The van der Waals surface area contributed by atoms with E-state index in [1.165, 1.54) is 19.3 Å². The lowest BCUT2D eigenvalue weighted by Gasteiger charge is -2.33. The van der Waals surface area contributed by atoms with Gasteiger partial charge in [-0.2, -0.15) is 0 Å². The lowest BCUT2D eigenvalue weighted by Crippen LogP contribution is -2.48. The van der Waals surface area contributed by atoms with Crippen LogP contribution in [0.2, 0.25) is 0 Å². The van der Waals surface area contributed by atoms with Crippen LogP contribution in [0, 0.1) is 17.8 Å². The molecule has 3 aliphatic rings. The maximum Gasteiger partial charge on any atom is 0.407 e. The third-order valence-electron chi connectivity index (χ3n) is 8.38. The lowest BCUT2D eigenvalue weighted by atomic mass is 9.81. The van der Waals surface area contributed by atoms with Crippen molar-refractivity contribution in [2.45, 2.75) is 102 Å². The second-order valence-corrected chi connectivity index (χ2v) is 11.5. The molecule has 37 heavy (non-hydrogen) atoms. The van der Waals surface area contributed by atoms with Crippen molar-refractivity contribution >= 4 is 12.0 Å². The SMILES string of the molecule is CC(C)[C@@H](C[C@H](O)[C@H](CC1CCCCC1)NC(=O)O[C@H]1CCOC1)C(=O)N[C@H]1c2ccccc2C[C@H]1O. The van der Waals surface area contributed by atoms with Gasteiger partial charge in [0, 0.05) is 18.8 Å². The summed E-state index contributed by atoms with van der Waals surface area (Å²) in [5, 5.41) is 28.0. The molecule has 6 atom stereocenters. The number of aliphatic hydroxyl groups is 2. The molecule has 1 aliphatic heterocycles. The van der Waals surface area contributed by atoms with Gasteiger partial charge in [0.2, 0.25) is 5.91 Å². The van der Waals surface area contributed by atoms with E-state index >= 15 is 0 Å². The molecule has 0 aromatic heterocycles. The van der Waals surface area contributed by atoms with Crippen LogP contribution >= 0.6 is 0 Å². The van der Waals surface area contributed by atoms with Crippen LogP contribution in [0.3, 0.4) is 0 Å². The van der Waals surface area contributed by atoms with Gasteiger partial charge >= 0.3 is 6.09 Å². The van der Waals surface area contributed by atoms with Gasteiger partial charge in [0.15, 0.2) is 0 Å². The van der Waals surface area contributed by atoms with Crippen molar-refractivity contribution in [2.75, 3.05) is 13.2 Å². The van der Waals surface area contributed by atoms with E-state index < -0.39 is 36.3 Å². The molecule has 4 rings (SSSR count). The van der Waals surface area contributed by atoms with E-state index in [0.29, 0.717) is 38.4 Å². The fourth-order valence-electron chi connectivity index (χ4n) is 6.15. The molecule has 2 amide bonds. The van der Waals surface area contributed by atoms with Gasteiger partial charge in [-0.05, 0) is 35.8 Å². The number of carbonyl (C=O) groups excluding carboxylic acids is 2. The normalized spacial score (nSPS) is 26.4. The van der Waals surface area contributed by atoms with E-state index in [1.807, 2.05) is 38.1 Å². The fraction of sp³-hybridized carbons (Fsp3) is 0.724. The molecule has 2 fully saturated rings. The molecule has 0 radical (unpaired) electrons. The molecule has 1 aromatic rings. The second-order valence-electron chi connectivity index (χ2n) is 11.5. The maximum atomic E-state index is 13.4. The smallest absolute Gasteiger partial charge is 0.407 e. The first-order chi connectivity index (χ1) is 17.8. The van der Waals surface area contributed by atoms with Gasteiger partial charge in [0.25, 0.3) is 0 Å². The highest BCUT2D eigenvalue weighted by molar-refractivity contribution is 5.79. The Morgan fingerprint density at radius 2 is 1.89 bits per heavy atom.